The Kier molecular flexibility index (Phi) is 3.63. The lowest BCUT2D eigenvalue weighted by atomic mass is 9.95. The molecule has 128 valence electrons. The van der Waals surface area contributed by atoms with Crippen molar-refractivity contribution in [1.82, 2.24) is 9.55 Å². The van der Waals surface area contributed by atoms with Gasteiger partial charge in [-0.2, -0.15) is 0 Å². The van der Waals surface area contributed by atoms with Gasteiger partial charge in [-0.25, -0.2) is 4.98 Å². The Morgan fingerprint density at radius 2 is 1.54 bits per heavy atom. The molecular weight excluding hydrogens is 316 g/mol. The standard InChI is InChI=1S/C24H22N2/c1-17-16-20-22(18-10-4-2-5-11-18)23(19-12-6-3-7-13-19)25-21-14-8-9-15-26(17)24(20)21/h2-7,10-13,16H,8-9,14-15H2,1H3. The summed E-state index contributed by atoms with van der Waals surface area (Å²) in [6.45, 7) is 3.33. The number of hydrogen-bond acceptors (Lipinski definition) is 1. The molecule has 26 heavy (non-hydrogen) atoms. The summed E-state index contributed by atoms with van der Waals surface area (Å²) in [5.41, 5.74) is 8.75. The van der Waals surface area contributed by atoms with Crippen LogP contribution in [0.15, 0.2) is 66.7 Å². The summed E-state index contributed by atoms with van der Waals surface area (Å²) in [5, 5.41) is 1.35. The number of nitrogens with zero attached hydrogens (tertiary/aromatic N) is 2. The van der Waals surface area contributed by atoms with E-state index in [0.717, 1.165) is 18.7 Å². The highest BCUT2D eigenvalue weighted by Gasteiger charge is 2.22. The molecule has 0 N–H and O–H groups in total. The fraction of sp³-hybridized carbons (Fsp3) is 0.208. The first-order valence-electron chi connectivity index (χ1n) is 9.46. The number of hydrogen-bond donors (Lipinski definition) is 0. The summed E-state index contributed by atoms with van der Waals surface area (Å²) < 4.78 is 2.48. The second-order valence-electron chi connectivity index (χ2n) is 7.17. The molecule has 5 rings (SSSR count). The fourth-order valence-corrected chi connectivity index (χ4v) is 4.28. The molecule has 1 aliphatic rings. The first-order chi connectivity index (χ1) is 12.8. The van der Waals surface area contributed by atoms with Crippen LogP contribution in [0.4, 0.5) is 0 Å². The van der Waals surface area contributed by atoms with Crippen LogP contribution in [0.3, 0.4) is 0 Å². The van der Waals surface area contributed by atoms with Gasteiger partial charge in [0.15, 0.2) is 0 Å². The third kappa shape index (κ3) is 2.37. The van der Waals surface area contributed by atoms with Gasteiger partial charge in [0.2, 0.25) is 0 Å². The van der Waals surface area contributed by atoms with Crippen LogP contribution in [0.1, 0.15) is 24.2 Å². The molecule has 4 aromatic rings. The maximum absolute atomic E-state index is 5.23. The summed E-state index contributed by atoms with van der Waals surface area (Å²) >= 11 is 0. The lowest BCUT2D eigenvalue weighted by Gasteiger charge is -2.15. The highest BCUT2D eigenvalue weighted by atomic mass is 15.0. The predicted octanol–water partition coefficient (Wildman–Crippen LogP) is 6.02. The van der Waals surface area contributed by atoms with Crippen LogP contribution in [0.25, 0.3) is 33.3 Å². The fourth-order valence-electron chi connectivity index (χ4n) is 4.28. The maximum atomic E-state index is 5.23. The molecule has 0 radical (unpaired) electrons. The van der Waals surface area contributed by atoms with E-state index in [1.807, 2.05) is 0 Å². The van der Waals surface area contributed by atoms with Crippen molar-refractivity contribution in [1.29, 1.82) is 0 Å². The second kappa shape index (κ2) is 6.14. The topological polar surface area (TPSA) is 17.8 Å². The van der Waals surface area contributed by atoms with Gasteiger partial charge in [-0.3, -0.25) is 0 Å². The Balaban J connectivity index is 1.93. The van der Waals surface area contributed by atoms with Crippen molar-refractivity contribution >= 4 is 10.9 Å². The normalized spacial score (nSPS) is 13.7. The molecule has 0 fully saturated rings. The van der Waals surface area contributed by atoms with Gasteiger partial charge in [0, 0.05) is 28.8 Å². The van der Waals surface area contributed by atoms with E-state index < -0.39 is 0 Å². The predicted molar refractivity (Wildman–Crippen MR) is 108 cm³/mol. The van der Waals surface area contributed by atoms with E-state index in [4.69, 9.17) is 4.98 Å². The molecule has 2 heteroatoms. The van der Waals surface area contributed by atoms with Crippen LogP contribution in [-0.2, 0) is 13.0 Å². The van der Waals surface area contributed by atoms with E-state index in [2.05, 4.69) is 78.2 Å². The van der Waals surface area contributed by atoms with E-state index in [-0.39, 0.29) is 0 Å². The van der Waals surface area contributed by atoms with Gasteiger partial charge >= 0.3 is 0 Å². The second-order valence-corrected chi connectivity index (χ2v) is 7.17. The van der Waals surface area contributed by atoms with Crippen LogP contribution in [0.2, 0.25) is 0 Å². The minimum atomic E-state index is 1.06. The molecular formula is C24H22N2. The zero-order valence-corrected chi connectivity index (χ0v) is 15.1. The smallest absolute Gasteiger partial charge is 0.0791 e. The first-order valence-corrected chi connectivity index (χ1v) is 9.46. The Bertz CT molecular complexity index is 1080. The minimum absolute atomic E-state index is 1.06. The molecule has 0 saturated carbocycles. The lowest BCUT2D eigenvalue weighted by molar-refractivity contribution is 0.633. The van der Waals surface area contributed by atoms with Crippen molar-refractivity contribution in [2.45, 2.75) is 32.7 Å². The van der Waals surface area contributed by atoms with Crippen LogP contribution < -0.4 is 0 Å². The van der Waals surface area contributed by atoms with Crippen molar-refractivity contribution in [2.75, 3.05) is 0 Å². The van der Waals surface area contributed by atoms with Gasteiger partial charge in [0.05, 0.1) is 16.9 Å². The van der Waals surface area contributed by atoms with E-state index >= 15 is 0 Å². The van der Waals surface area contributed by atoms with Crippen molar-refractivity contribution in [3.8, 4) is 22.4 Å². The van der Waals surface area contributed by atoms with Gasteiger partial charge in [0.25, 0.3) is 0 Å². The Hall–Kier alpha value is -2.87. The molecule has 0 unspecified atom stereocenters. The molecule has 2 nitrogen and oxygen atoms in total. The summed E-state index contributed by atoms with van der Waals surface area (Å²) in [5.74, 6) is 0. The molecule has 2 aromatic heterocycles. The largest absolute Gasteiger partial charge is 0.343 e. The minimum Gasteiger partial charge on any atom is -0.343 e. The summed E-state index contributed by atoms with van der Waals surface area (Å²) in [6, 6.07) is 23.7. The van der Waals surface area contributed by atoms with Crippen LogP contribution in [0.5, 0.6) is 0 Å². The molecule has 0 amide bonds. The van der Waals surface area contributed by atoms with E-state index in [9.17, 15) is 0 Å². The van der Waals surface area contributed by atoms with Gasteiger partial charge in [-0.05, 0) is 37.8 Å². The Labute approximate surface area is 154 Å². The molecule has 0 aliphatic carbocycles. The van der Waals surface area contributed by atoms with Crippen molar-refractivity contribution in [3.05, 3.63) is 78.1 Å². The van der Waals surface area contributed by atoms with E-state index in [1.54, 1.807) is 0 Å². The third-order valence-electron chi connectivity index (χ3n) is 5.49. The van der Waals surface area contributed by atoms with Gasteiger partial charge in [0.1, 0.15) is 0 Å². The summed E-state index contributed by atoms with van der Waals surface area (Å²) in [6.07, 6.45) is 3.50. The SMILES string of the molecule is Cc1cc2c(-c3ccccc3)c(-c3ccccc3)nc3c2n1CCCC3. The summed E-state index contributed by atoms with van der Waals surface area (Å²) in [4.78, 5) is 5.23. The molecule has 0 saturated heterocycles. The zero-order valence-electron chi connectivity index (χ0n) is 15.1. The zero-order chi connectivity index (χ0) is 17.5. The van der Waals surface area contributed by atoms with E-state index in [1.165, 1.54) is 51.8 Å². The van der Waals surface area contributed by atoms with Gasteiger partial charge in [-0.1, -0.05) is 60.7 Å². The van der Waals surface area contributed by atoms with Crippen molar-refractivity contribution < 1.29 is 0 Å². The van der Waals surface area contributed by atoms with E-state index in [0.29, 0.717) is 0 Å². The highest BCUT2D eigenvalue weighted by molar-refractivity contribution is 6.03. The number of rotatable bonds is 2. The van der Waals surface area contributed by atoms with Crippen molar-refractivity contribution in [2.24, 2.45) is 0 Å². The monoisotopic (exact) mass is 338 g/mol. The molecule has 0 spiro atoms. The quantitative estimate of drug-likeness (QED) is 0.437. The molecule has 2 aromatic carbocycles. The first kappa shape index (κ1) is 15.4. The number of aromatic nitrogens is 2. The van der Waals surface area contributed by atoms with Crippen LogP contribution in [0, 0.1) is 6.92 Å². The molecule has 3 heterocycles. The lowest BCUT2D eigenvalue weighted by Crippen LogP contribution is -2.01. The number of aryl methyl sites for hydroxylation is 3. The van der Waals surface area contributed by atoms with Crippen molar-refractivity contribution in [3.63, 3.8) is 0 Å². The van der Waals surface area contributed by atoms with Crippen LogP contribution >= 0.6 is 0 Å². The summed E-state index contributed by atoms with van der Waals surface area (Å²) in [7, 11) is 0. The Morgan fingerprint density at radius 1 is 0.846 bits per heavy atom. The molecule has 0 atom stereocenters. The van der Waals surface area contributed by atoms with Crippen LogP contribution in [-0.4, -0.2) is 9.55 Å². The van der Waals surface area contributed by atoms with Gasteiger partial charge < -0.3 is 4.57 Å². The molecule has 0 bridgehead atoms. The number of benzene rings is 2. The highest BCUT2D eigenvalue weighted by Crippen LogP contribution is 2.40. The Morgan fingerprint density at radius 3 is 2.27 bits per heavy atom. The van der Waals surface area contributed by atoms with Gasteiger partial charge in [-0.15, -0.1) is 0 Å². The third-order valence-corrected chi connectivity index (χ3v) is 5.49. The number of pyridine rings is 1. The maximum Gasteiger partial charge on any atom is 0.0791 e. The molecule has 1 aliphatic heterocycles. The average molecular weight is 338 g/mol. The average Bonchev–Trinajstić information content (AvgIpc) is 2.88.